The summed E-state index contributed by atoms with van der Waals surface area (Å²) in [5, 5.41) is -0.166. The van der Waals surface area contributed by atoms with Gasteiger partial charge in [-0.2, -0.15) is 0 Å². The van der Waals surface area contributed by atoms with Crippen molar-refractivity contribution in [3.05, 3.63) is 75.8 Å². The number of hydrogen-bond donors (Lipinski definition) is 0. The number of amides is 1. The van der Waals surface area contributed by atoms with E-state index in [1.54, 1.807) is 20.4 Å². The van der Waals surface area contributed by atoms with Crippen LogP contribution in [0.2, 0.25) is 5.02 Å². The van der Waals surface area contributed by atoms with Gasteiger partial charge in [-0.25, -0.2) is 13.8 Å². The molecule has 0 aliphatic rings. The van der Waals surface area contributed by atoms with Gasteiger partial charge in [0.2, 0.25) is 5.88 Å². The van der Waals surface area contributed by atoms with Crippen LogP contribution in [-0.2, 0) is 6.54 Å². The molecule has 9 heteroatoms. The zero-order valence-corrected chi connectivity index (χ0v) is 20.3. The van der Waals surface area contributed by atoms with Gasteiger partial charge in [0.25, 0.3) is 5.91 Å². The van der Waals surface area contributed by atoms with E-state index in [0.29, 0.717) is 18.2 Å². The third kappa shape index (κ3) is 4.56. The molecule has 176 valence electrons. The lowest BCUT2D eigenvalue weighted by Crippen LogP contribution is -2.26. The molecule has 0 aliphatic carbocycles. The number of thiophene rings is 1. The second kappa shape index (κ2) is 9.95. The summed E-state index contributed by atoms with van der Waals surface area (Å²) < 4.78 is 39.4. The van der Waals surface area contributed by atoms with Crippen molar-refractivity contribution in [2.45, 2.75) is 13.5 Å². The van der Waals surface area contributed by atoms with Crippen molar-refractivity contribution in [1.82, 2.24) is 9.88 Å². The molecule has 0 N–H and O–H groups in total. The molecule has 1 amide bonds. The van der Waals surface area contributed by atoms with Crippen LogP contribution >= 0.6 is 22.9 Å². The van der Waals surface area contributed by atoms with Gasteiger partial charge in [0.1, 0.15) is 22.3 Å². The number of pyridine rings is 1. The lowest BCUT2D eigenvalue weighted by atomic mass is 10.0. The third-order valence-electron chi connectivity index (χ3n) is 5.27. The molecular formula is C25H21ClF2N2O3S. The maximum Gasteiger partial charge on any atom is 0.265 e. The second-order valence-corrected chi connectivity index (χ2v) is 8.88. The molecule has 0 saturated heterocycles. The summed E-state index contributed by atoms with van der Waals surface area (Å²) in [5.74, 6) is -0.619. The summed E-state index contributed by atoms with van der Waals surface area (Å²) in [6.07, 6.45) is 1.67. The number of aromatic nitrogens is 1. The van der Waals surface area contributed by atoms with E-state index in [2.05, 4.69) is 4.98 Å². The number of carbonyl (C=O) groups is 1. The van der Waals surface area contributed by atoms with Gasteiger partial charge in [-0.1, -0.05) is 17.7 Å². The van der Waals surface area contributed by atoms with Gasteiger partial charge in [-0.15, -0.1) is 11.3 Å². The van der Waals surface area contributed by atoms with Crippen LogP contribution in [0.25, 0.3) is 21.2 Å². The van der Waals surface area contributed by atoms with Gasteiger partial charge in [0, 0.05) is 31.4 Å². The Morgan fingerprint density at radius 1 is 1.12 bits per heavy atom. The number of benzene rings is 2. The normalized spacial score (nSPS) is 11.0. The summed E-state index contributed by atoms with van der Waals surface area (Å²) in [6.45, 7) is 2.58. The number of nitrogens with zero attached hydrogens (tertiary/aromatic N) is 2. The highest BCUT2D eigenvalue weighted by Gasteiger charge is 2.24. The average Bonchev–Trinajstić information content (AvgIpc) is 3.19. The van der Waals surface area contributed by atoms with E-state index in [1.807, 2.05) is 37.3 Å². The fourth-order valence-corrected chi connectivity index (χ4v) is 5.18. The summed E-state index contributed by atoms with van der Waals surface area (Å²) in [6, 6.07) is 11.4. The van der Waals surface area contributed by atoms with Crippen LogP contribution in [-0.4, -0.2) is 36.6 Å². The number of carbonyl (C=O) groups excluding carboxylic acids is 1. The van der Waals surface area contributed by atoms with E-state index in [9.17, 15) is 13.6 Å². The van der Waals surface area contributed by atoms with Gasteiger partial charge in [0.05, 0.1) is 28.8 Å². The maximum absolute atomic E-state index is 14.2. The average molecular weight is 503 g/mol. The van der Waals surface area contributed by atoms with Gasteiger partial charge in [-0.3, -0.25) is 4.79 Å². The molecule has 0 unspecified atom stereocenters. The highest BCUT2D eigenvalue weighted by molar-refractivity contribution is 7.21. The van der Waals surface area contributed by atoms with Crippen molar-refractivity contribution in [3.8, 4) is 22.8 Å². The Morgan fingerprint density at radius 3 is 2.56 bits per heavy atom. The van der Waals surface area contributed by atoms with Crippen LogP contribution in [0.4, 0.5) is 8.78 Å². The predicted octanol–water partition coefficient (Wildman–Crippen LogP) is 6.57. The van der Waals surface area contributed by atoms with Crippen LogP contribution in [0.15, 0.2) is 48.7 Å². The lowest BCUT2D eigenvalue weighted by molar-refractivity contribution is 0.0789. The molecule has 2 aromatic carbocycles. The van der Waals surface area contributed by atoms with Crippen molar-refractivity contribution in [3.63, 3.8) is 0 Å². The molecule has 0 bridgehead atoms. The van der Waals surface area contributed by atoms with E-state index < -0.39 is 17.5 Å². The van der Waals surface area contributed by atoms with Gasteiger partial charge in [0.15, 0.2) is 0 Å². The van der Waals surface area contributed by atoms with E-state index in [0.717, 1.165) is 40.2 Å². The van der Waals surface area contributed by atoms with E-state index in [-0.39, 0.29) is 26.5 Å². The summed E-state index contributed by atoms with van der Waals surface area (Å²) in [7, 11) is 3.15. The van der Waals surface area contributed by atoms with Crippen molar-refractivity contribution in [2.75, 3.05) is 20.8 Å². The first-order valence-electron chi connectivity index (χ1n) is 10.4. The van der Waals surface area contributed by atoms with Crippen LogP contribution in [0.5, 0.6) is 11.6 Å². The first-order chi connectivity index (χ1) is 16.3. The molecule has 2 heterocycles. The monoisotopic (exact) mass is 502 g/mol. The Hall–Kier alpha value is -3.23. The first-order valence-corrected chi connectivity index (χ1v) is 11.6. The summed E-state index contributed by atoms with van der Waals surface area (Å²) in [5.41, 5.74) is 2.54. The Labute approximate surface area is 204 Å². The highest BCUT2D eigenvalue weighted by Crippen LogP contribution is 2.39. The SMILES string of the molecule is CCOc1cc(-c2ccc(OC)c(CN(C)C(=O)c3sc4c(F)ccc(F)c4c3Cl)c2)ccn1. The largest absolute Gasteiger partial charge is 0.496 e. The zero-order chi connectivity index (χ0) is 24.4. The highest BCUT2D eigenvalue weighted by atomic mass is 35.5. The number of rotatable bonds is 7. The lowest BCUT2D eigenvalue weighted by Gasteiger charge is -2.19. The number of fused-ring (bicyclic) bond motifs is 1. The first kappa shape index (κ1) is 23.9. The Bertz CT molecular complexity index is 1380. The Morgan fingerprint density at radius 2 is 1.85 bits per heavy atom. The van der Waals surface area contributed by atoms with Crippen LogP contribution in [0, 0.1) is 11.6 Å². The minimum absolute atomic E-state index is 0.0177. The fraction of sp³-hybridized carbons (Fsp3) is 0.200. The van der Waals surface area contributed by atoms with Crippen LogP contribution < -0.4 is 9.47 Å². The van der Waals surface area contributed by atoms with Gasteiger partial charge in [-0.05, 0) is 48.4 Å². The Kier molecular flexibility index (Phi) is 7.00. The predicted molar refractivity (Wildman–Crippen MR) is 130 cm³/mol. The van der Waals surface area contributed by atoms with Crippen LogP contribution in [0.1, 0.15) is 22.2 Å². The molecule has 34 heavy (non-hydrogen) atoms. The smallest absolute Gasteiger partial charge is 0.265 e. The van der Waals surface area contributed by atoms with Crippen molar-refractivity contribution in [1.29, 1.82) is 0 Å². The minimum Gasteiger partial charge on any atom is -0.496 e. The zero-order valence-electron chi connectivity index (χ0n) is 18.7. The van der Waals surface area contributed by atoms with E-state index >= 15 is 0 Å². The fourth-order valence-electron chi connectivity index (χ4n) is 3.63. The number of halogens is 3. The van der Waals surface area contributed by atoms with E-state index in [4.69, 9.17) is 21.1 Å². The molecule has 4 aromatic rings. The number of ether oxygens (including phenoxy) is 2. The molecule has 0 saturated carbocycles. The topological polar surface area (TPSA) is 51.7 Å². The molecule has 0 spiro atoms. The van der Waals surface area contributed by atoms with Gasteiger partial charge < -0.3 is 14.4 Å². The van der Waals surface area contributed by atoms with Gasteiger partial charge >= 0.3 is 0 Å². The molecular weight excluding hydrogens is 482 g/mol. The molecule has 4 rings (SSSR count). The standard InChI is InChI=1S/C25H21ClF2N2O3S/c1-4-33-20-12-15(9-10-29-20)14-5-8-19(32-3)16(11-14)13-30(2)25(31)24-22(26)21-17(27)6-7-18(28)23(21)34-24/h5-12H,4,13H2,1-3H3. The molecule has 5 nitrogen and oxygen atoms in total. The second-order valence-electron chi connectivity index (χ2n) is 7.48. The quantitative estimate of drug-likeness (QED) is 0.286. The van der Waals surface area contributed by atoms with Crippen molar-refractivity contribution < 1.29 is 23.0 Å². The molecule has 0 fully saturated rings. The Balaban J connectivity index is 1.65. The summed E-state index contributed by atoms with van der Waals surface area (Å²) >= 11 is 7.13. The summed E-state index contributed by atoms with van der Waals surface area (Å²) in [4.78, 5) is 18.9. The van der Waals surface area contributed by atoms with Crippen molar-refractivity contribution >= 4 is 38.9 Å². The maximum atomic E-state index is 14.2. The molecule has 2 aromatic heterocycles. The third-order valence-corrected chi connectivity index (χ3v) is 6.95. The number of methoxy groups -OCH3 is 1. The molecule has 0 radical (unpaired) electrons. The van der Waals surface area contributed by atoms with Crippen LogP contribution in [0.3, 0.4) is 0 Å². The van der Waals surface area contributed by atoms with E-state index in [1.165, 1.54) is 4.90 Å². The minimum atomic E-state index is -0.669. The molecule has 0 aliphatic heterocycles. The van der Waals surface area contributed by atoms with Crippen molar-refractivity contribution in [2.24, 2.45) is 0 Å². The number of hydrogen-bond acceptors (Lipinski definition) is 5. The molecule has 0 atom stereocenters.